The topological polar surface area (TPSA) is 111 Å². The van der Waals surface area contributed by atoms with E-state index in [-0.39, 0.29) is 53.1 Å². The third-order valence-corrected chi connectivity index (χ3v) is 4.85. The summed E-state index contributed by atoms with van der Waals surface area (Å²) in [6.07, 6.45) is 1.55. The maximum absolute atomic E-state index is 12.4. The number of aliphatic carboxylic acids is 1. The van der Waals surface area contributed by atoms with Crippen molar-refractivity contribution < 1.29 is 58.5 Å². The van der Waals surface area contributed by atoms with Crippen LogP contribution in [0.25, 0.3) is 0 Å². The molecule has 0 N–H and O–H groups in total. The van der Waals surface area contributed by atoms with Crippen LogP contribution in [0.1, 0.15) is 33.6 Å². The Morgan fingerprint density at radius 2 is 1.77 bits per heavy atom. The van der Waals surface area contributed by atoms with E-state index in [0.717, 1.165) is 18.2 Å². The van der Waals surface area contributed by atoms with Gasteiger partial charge in [0.15, 0.2) is 5.16 Å². The van der Waals surface area contributed by atoms with Crippen molar-refractivity contribution in [1.82, 2.24) is 9.97 Å². The Balaban J connectivity index is 0.00000625. The number of carboxylic acid groups (broad SMARTS) is 1. The first-order valence-corrected chi connectivity index (χ1v) is 8.66. The molecule has 0 aliphatic heterocycles. The predicted octanol–water partition coefficient (Wildman–Crippen LogP) is -1.92. The summed E-state index contributed by atoms with van der Waals surface area (Å²) in [6, 6.07) is 1.47. The number of aromatic nitrogens is 2. The third kappa shape index (κ3) is 6.94. The van der Waals surface area contributed by atoms with Crippen molar-refractivity contribution in [2.24, 2.45) is 5.41 Å². The van der Waals surface area contributed by atoms with Crippen LogP contribution < -0.4 is 44.1 Å². The van der Waals surface area contributed by atoms with Crippen LogP contribution in [0, 0.1) is 5.41 Å². The maximum Gasteiger partial charge on any atom is 1.00 e. The van der Waals surface area contributed by atoms with Gasteiger partial charge in [0, 0.05) is 11.4 Å². The molecular formula is C16H23N2NaO6S. The van der Waals surface area contributed by atoms with Crippen LogP contribution in [0.3, 0.4) is 0 Å². The van der Waals surface area contributed by atoms with E-state index in [1.54, 1.807) is 0 Å². The number of carboxylic acids is 1. The largest absolute Gasteiger partial charge is 1.00 e. The first-order chi connectivity index (χ1) is 11.8. The monoisotopic (exact) mass is 394 g/mol. The molecule has 1 atom stereocenters. The van der Waals surface area contributed by atoms with Crippen LogP contribution in [0.2, 0.25) is 0 Å². The zero-order valence-electron chi connectivity index (χ0n) is 16.0. The van der Waals surface area contributed by atoms with E-state index >= 15 is 0 Å². The SMILES string of the molecule is CCCCOC(=O)C(Sc1nc(OC)cc(OC)n1)C(C)(C)C(=O)[O-].[Na+]. The Morgan fingerprint density at radius 1 is 1.23 bits per heavy atom. The Kier molecular flexibility index (Phi) is 11.2. The molecule has 1 aromatic heterocycles. The standard InChI is InChI=1S/C16H24N2O6S.Na/c1-6-7-8-24-13(19)12(16(2,3)14(20)21)25-15-17-10(22-4)9-11(18-15)23-5;/h9,12H,6-8H2,1-5H3,(H,20,21);/q;+1/p-1. The summed E-state index contributed by atoms with van der Waals surface area (Å²) < 4.78 is 15.3. The second-order valence-electron chi connectivity index (χ2n) is 5.76. The minimum Gasteiger partial charge on any atom is -0.550 e. The molecule has 0 saturated carbocycles. The summed E-state index contributed by atoms with van der Waals surface area (Å²) >= 11 is 0.872. The fourth-order valence-electron chi connectivity index (χ4n) is 1.74. The summed E-state index contributed by atoms with van der Waals surface area (Å²) in [6.45, 7) is 4.98. The van der Waals surface area contributed by atoms with E-state index in [4.69, 9.17) is 14.2 Å². The van der Waals surface area contributed by atoms with Crippen LogP contribution in [0.5, 0.6) is 11.8 Å². The first-order valence-electron chi connectivity index (χ1n) is 7.78. The van der Waals surface area contributed by atoms with E-state index in [9.17, 15) is 14.7 Å². The molecule has 0 saturated heterocycles. The molecule has 1 rings (SSSR count). The van der Waals surface area contributed by atoms with Gasteiger partial charge in [-0.25, -0.2) is 0 Å². The predicted molar refractivity (Wildman–Crippen MR) is 89.4 cm³/mol. The van der Waals surface area contributed by atoms with Crippen molar-refractivity contribution in [2.75, 3.05) is 20.8 Å². The summed E-state index contributed by atoms with van der Waals surface area (Å²) in [5.41, 5.74) is -1.49. The molecule has 26 heavy (non-hydrogen) atoms. The van der Waals surface area contributed by atoms with Gasteiger partial charge in [0.25, 0.3) is 0 Å². The number of nitrogens with zero attached hydrogens (tertiary/aromatic N) is 2. The molecule has 8 nitrogen and oxygen atoms in total. The molecule has 0 spiro atoms. The molecule has 10 heteroatoms. The van der Waals surface area contributed by atoms with Gasteiger partial charge in [-0.1, -0.05) is 39.0 Å². The fourth-order valence-corrected chi connectivity index (χ4v) is 2.79. The number of carbonyl (C=O) groups is 2. The zero-order valence-corrected chi connectivity index (χ0v) is 18.8. The third-order valence-electron chi connectivity index (χ3n) is 3.44. The number of methoxy groups -OCH3 is 2. The number of carbonyl (C=O) groups excluding carboxylic acids is 2. The Labute approximate surface area is 179 Å². The van der Waals surface area contributed by atoms with Gasteiger partial charge in [0.2, 0.25) is 11.8 Å². The van der Waals surface area contributed by atoms with E-state index in [2.05, 4.69) is 9.97 Å². The Hall–Kier alpha value is -1.03. The van der Waals surface area contributed by atoms with Gasteiger partial charge in [-0.15, -0.1) is 0 Å². The number of unbranched alkanes of at least 4 members (excludes halogenated alkanes) is 1. The number of hydrogen-bond donors (Lipinski definition) is 0. The zero-order chi connectivity index (χ0) is 19.0. The number of ether oxygens (including phenoxy) is 3. The first kappa shape index (κ1) is 25.0. The summed E-state index contributed by atoms with van der Waals surface area (Å²) in [5, 5.41) is 10.6. The fraction of sp³-hybridized carbons (Fsp3) is 0.625. The van der Waals surface area contributed by atoms with Gasteiger partial charge in [-0.2, -0.15) is 9.97 Å². The summed E-state index contributed by atoms with van der Waals surface area (Å²) in [4.78, 5) is 32.2. The number of hydrogen-bond acceptors (Lipinski definition) is 9. The summed E-state index contributed by atoms with van der Waals surface area (Å²) in [7, 11) is 2.86. The molecule has 1 heterocycles. The van der Waals surface area contributed by atoms with Crippen molar-refractivity contribution in [3.63, 3.8) is 0 Å². The molecule has 140 valence electrons. The average Bonchev–Trinajstić information content (AvgIpc) is 2.58. The van der Waals surface area contributed by atoms with Gasteiger partial charge in [-0.3, -0.25) is 4.79 Å². The van der Waals surface area contributed by atoms with Crippen LogP contribution in [0.15, 0.2) is 11.2 Å². The normalized spacial score (nSPS) is 11.9. The van der Waals surface area contributed by atoms with E-state index in [1.807, 2.05) is 6.92 Å². The number of esters is 1. The van der Waals surface area contributed by atoms with Gasteiger partial charge in [-0.05, 0) is 6.42 Å². The van der Waals surface area contributed by atoms with Crippen molar-refractivity contribution in [2.45, 2.75) is 44.0 Å². The van der Waals surface area contributed by atoms with Gasteiger partial charge in [0.1, 0.15) is 5.25 Å². The number of rotatable bonds is 10. The van der Waals surface area contributed by atoms with Crippen LogP contribution >= 0.6 is 11.8 Å². The molecular weight excluding hydrogens is 371 g/mol. The van der Waals surface area contributed by atoms with Crippen LogP contribution in [-0.4, -0.2) is 48.0 Å². The maximum atomic E-state index is 12.4. The van der Waals surface area contributed by atoms with Gasteiger partial charge in [0.05, 0.1) is 26.9 Å². The Bertz CT molecular complexity index is 592. The molecule has 0 radical (unpaired) electrons. The van der Waals surface area contributed by atoms with E-state index in [1.165, 1.54) is 34.1 Å². The quantitative estimate of drug-likeness (QED) is 0.147. The molecule has 0 aliphatic carbocycles. The molecule has 1 unspecified atom stereocenters. The minimum atomic E-state index is -1.49. The van der Waals surface area contributed by atoms with Crippen molar-refractivity contribution in [3.05, 3.63) is 6.07 Å². The van der Waals surface area contributed by atoms with Gasteiger partial charge < -0.3 is 24.1 Å². The smallest absolute Gasteiger partial charge is 0.550 e. The molecule has 0 amide bonds. The number of thioether (sulfide) groups is 1. The van der Waals surface area contributed by atoms with Crippen molar-refractivity contribution in [3.8, 4) is 11.8 Å². The molecule has 0 bridgehead atoms. The van der Waals surface area contributed by atoms with E-state index < -0.39 is 22.6 Å². The molecule has 1 aromatic rings. The average molecular weight is 394 g/mol. The van der Waals surface area contributed by atoms with Crippen molar-refractivity contribution in [1.29, 1.82) is 0 Å². The molecule has 0 fully saturated rings. The second-order valence-corrected chi connectivity index (χ2v) is 6.84. The van der Waals surface area contributed by atoms with Crippen LogP contribution in [0.4, 0.5) is 0 Å². The minimum absolute atomic E-state index is 0. The van der Waals surface area contributed by atoms with E-state index in [0.29, 0.717) is 6.42 Å². The molecule has 0 aliphatic rings. The summed E-state index contributed by atoms with van der Waals surface area (Å²) in [5.74, 6) is -1.55. The second kappa shape index (κ2) is 11.6. The van der Waals surface area contributed by atoms with Gasteiger partial charge >= 0.3 is 35.5 Å². The van der Waals surface area contributed by atoms with Crippen molar-refractivity contribution >= 4 is 23.7 Å². The Morgan fingerprint density at radius 3 is 2.19 bits per heavy atom. The van der Waals surface area contributed by atoms with Crippen LogP contribution in [-0.2, 0) is 14.3 Å². The molecule has 0 aromatic carbocycles.